The lowest BCUT2D eigenvalue weighted by atomic mass is 9.78. The molecule has 0 bridgehead atoms. The number of hydrogen-bond acceptors (Lipinski definition) is 4. The van der Waals surface area contributed by atoms with Crippen molar-refractivity contribution in [3.8, 4) is 11.5 Å². The monoisotopic (exact) mass is 503 g/mol. The van der Waals surface area contributed by atoms with Crippen LogP contribution in [-0.4, -0.2) is 27.3 Å². The van der Waals surface area contributed by atoms with Gasteiger partial charge < -0.3 is 14.9 Å². The van der Waals surface area contributed by atoms with E-state index in [2.05, 4.69) is 4.98 Å². The first kappa shape index (κ1) is 24.8. The quantitative estimate of drug-likeness (QED) is 0.293. The minimum absolute atomic E-state index is 0.0378. The van der Waals surface area contributed by atoms with Crippen LogP contribution in [0.3, 0.4) is 0 Å². The third-order valence-electron chi connectivity index (χ3n) is 5.07. The summed E-state index contributed by atoms with van der Waals surface area (Å²) < 4.78 is 61.4. The van der Waals surface area contributed by atoms with E-state index in [-0.39, 0.29) is 27.2 Å². The molecule has 5 nitrogen and oxygen atoms in total. The Balaban J connectivity index is 1.95. The highest BCUT2D eigenvalue weighted by molar-refractivity contribution is 6.31. The number of aliphatic hydroxyl groups is 1. The van der Waals surface area contributed by atoms with Crippen molar-refractivity contribution in [1.29, 1.82) is 0 Å². The van der Waals surface area contributed by atoms with Gasteiger partial charge in [-0.25, -0.2) is 14.2 Å². The lowest BCUT2D eigenvalue weighted by Gasteiger charge is -2.37. The maximum atomic E-state index is 14.0. The highest BCUT2D eigenvalue weighted by Crippen LogP contribution is 2.50. The summed E-state index contributed by atoms with van der Waals surface area (Å²) in [7, 11) is 0. The summed E-state index contributed by atoms with van der Waals surface area (Å²) in [5.74, 6) is -4.03. The molecule has 0 saturated heterocycles. The minimum atomic E-state index is -5.08. The number of pyridine rings is 1. The van der Waals surface area contributed by atoms with Crippen molar-refractivity contribution >= 4 is 29.2 Å². The minimum Gasteiger partial charge on any atom is -0.478 e. The van der Waals surface area contributed by atoms with Crippen molar-refractivity contribution in [2.45, 2.75) is 24.6 Å². The van der Waals surface area contributed by atoms with Gasteiger partial charge in [-0.2, -0.15) is 13.2 Å². The summed E-state index contributed by atoms with van der Waals surface area (Å²) in [6.45, 7) is 1.16. The Morgan fingerprint density at radius 2 is 1.70 bits per heavy atom. The number of benzene rings is 2. The molecule has 0 amide bonds. The Hall–Kier alpha value is -2.88. The van der Waals surface area contributed by atoms with Crippen LogP contribution in [-0.2, 0) is 5.60 Å². The zero-order chi connectivity index (χ0) is 24.6. The van der Waals surface area contributed by atoms with E-state index in [4.69, 9.17) is 33.0 Å². The van der Waals surface area contributed by atoms with Crippen LogP contribution in [0.25, 0.3) is 0 Å². The van der Waals surface area contributed by atoms with E-state index in [9.17, 15) is 27.5 Å². The molecule has 3 aromatic rings. The number of aromatic carboxylic acids is 1. The second kappa shape index (κ2) is 9.17. The normalized spacial score (nSPS) is 14.4. The Bertz CT molecular complexity index is 1210. The van der Waals surface area contributed by atoms with Crippen LogP contribution >= 0.6 is 23.2 Å². The molecular weight excluding hydrogens is 489 g/mol. The van der Waals surface area contributed by atoms with Gasteiger partial charge in [0, 0.05) is 23.2 Å². The highest BCUT2D eigenvalue weighted by Gasteiger charge is 2.59. The maximum absolute atomic E-state index is 14.0. The molecule has 3 rings (SSSR count). The van der Waals surface area contributed by atoms with Gasteiger partial charge in [-0.05, 0) is 47.5 Å². The van der Waals surface area contributed by atoms with Gasteiger partial charge in [0.1, 0.15) is 22.5 Å². The number of alkyl halides is 3. The lowest BCUT2D eigenvalue weighted by molar-refractivity contribution is -0.274. The molecule has 2 atom stereocenters. The Morgan fingerprint density at radius 1 is 1.06 bits per heavy atom. The van der Waals surface area contributed by atoms with E-state index >= 15 is 0 Å². The van der Waals surface area contributed by atoms with E-state index in [0.29, 0.717) is 0 Å². The van der Waals surface area contributed by atoms with Crippen LogP contribution < -0.4 is 4.74 Å². The van der Waals surface area contributed by atoms with Crippen LogP contribution in [0.2, 0.25) is 10.2 Å². The number of rotatable bonds is 6. The average Bonchev–Trinajstić information content (AvgIpc) is 2.71. The number of nitrogens with zero attached hydrogens (tertiary/aromatic N) is 1. The van der Waals surface area contributed by atoms with Gasteiger partial charge >= 0.3 is 12.1 Å². The zero-order valence-corrected chi connectivity index (χ0v) is 18.2. The fourth-order valence-electron chi connectivity index (χ4n) is 3.32. The van der Waals surface area contributed by atoms with Crippen molar-refractivity contribution in [1.82, 2.24) is 4.98 Å². The fourth-order valence-corrected chi connectivity index (χ4v) is 3.82. The first-order valence-electron chi connectivity index (χ1n) is 9.26. The van der Waals surface area contributed by atoms with Gasteiger partial charge in [-0.15, -0.1) is 0 Å². The summed E-state index contributed by atoms with van der Waals surface area (Å²) in [5.41, 5.74) is -4.43. The van der Waals surface area contributed by atoms with Gasteiger partial charge in [0.15, 0.2) is 5.60 Å². The molecule has 174 valence electrons. The van der Waals surface area contributed by atoms with Gasteiger partial charge in [-0.3, -0.25) is 0 Å². The van der Waals surface area contributed by atoms with Crippen LogP contribution in [0.4, 0.5) is 17.6 Å². The van der Waals surface area contributed by atoms with Crippen LogP contribution in [0.15, 0.2) is 54.7 Å². The van der Waals surface area contributed by atoms with E-state index in [1.807, 2.05) is 0 Å². The predicted octanol–water partition coefficient (Wildman–Crippen LogP) is 6.57. The Kier molecular flexibility index (Phi) is 6.88. The van der Waals surface area contributed by atoms with Gasteiger partial charge in [-0.1, -0.05) is 36.2 Å². The zero-order valence-electron chi connectivity index (χ0n) is 16.7. The molecule has 2 aromatic carbocycles. The average molecular weight is 504 g/mol. The fraction of sp³-hybridized carbons (Fsp3) is 0.182. The van der Waals surface area contributed by atoms with Gasteiger partial charge in [0.2, 0.25) is 0 Å². The third-order valence-corrected chi connectivity index (χ3v) is 5.60. The number of carbonyl (C=O) groups is 1. The smallest absolute Gasteiger partial charge is 0.422 e. The summed E-state index contributed by atoms with van der Waals surface area (Å²) in [6, 6.07) is 8.74. The summed E-state index contributed by atoms with van der Waals surface area (Å²) in [5, 5.41) is 19.3. The molecule has 0 spiro atoms. The molecule has 0 aliphatic rings. The molecule has 2 unspecified atom stereocenters. The number of hydrogen-bond donors (Lipinski definition) is 2. The van der Waals surface area contributed by atoms with Crippen LogP contribution in [0, 0.1) is 5.82 Å². The predicted molar refractivity (Wildman–Crippen MR) is 112 cm³/mol. The third kappa shape index (κ3) is 4.90. The van der Waals surface area contributed by atoms with Crippen LogP contribution in [0.5, 0.6) is 11.5 Å². The first-order chi connectivity index (χ1) is 15.3. The largest absolute Gasteiger partial charge is 0.478 e. The molecule has 1 heterocycles. The second-order valence-electron chi connectivity index (χ2n) is 7.09. The first-order valence-corrected chi connectivity index (χ1v) is 10.0. The molecule has 0 fully saturated rings. The van der Waals surface area contributed by atoms with Gasteiger partial charge in [0.25, 0.3) is 0 Å². The standard InChI is InChI=1S/C22H15Cl2F4NO4/c1-11(21(32,22(26,27)28)12-6-7-29-19(24)8-12)15-4-2-13(9-17(15)23)33-14-3-5-16(20(30)31)18(25)10-14/h2-11,32H,1H3,(H,30,31). The summed E-state index contributed by atoms with van der Waals surface area (Å²) >= 11 is 11.9. The molecule has 0 aliphatic carbocycles. The molecular formula is C22H15Cl2F4NO4. The number of aromatic nitrogens is 1. The van der Waals surface area contributed by atoms with Gasteiger partial charge in [0.05, 0.1) is 5.56 Å². The number of carboxylic acids is 1. The van der Waals surface area contributed by atoms with E-state index in [1.165, 1.54) is 24.3 Å². The van der Waals surface area contributed by atoms with Crippen molar-refractivity contribution in [3.63, 3.8) is 0 Å². The molecule has 2 N–H and O–H groups in total. The van der Waals surface area contributed by atoms with E-state index in [0.717, 1.165) is 37.4 Å². The number of ether oxygens (including phenoxy) is 1. The van der Waals surface area contributed by atoms with Crippen molar-refractivity contribution < 1.29 is 37.3 Å². The summed E-state index contributed by atoms with van der Waals surface area (Å²) in [6.07, 6.45) is -4.03. The molecule has 33 heavy (non-hydrogen) atoms. The van der Waals surface area contributed by atoms with Crippen molar-refractivity contribution in [3.05, 3.63) is 87.4 Å². The second-order valence-corrected chi connectivity index (χ2v) is 7.88. The highest BCUT2D eigenvalue weighted by atomic mass is 35.5. The lowest BCUT2D eigenvalue weighted by Crippen LogP contribution is -2.46. The number of halogens is 6. The number of carboxylic acid groups (broad SMARTS) is 1. The maximum Gasteiger partial charge on any atom is 0.422 e. The summed E-state index contributed by atoms with van der Waals surface area (Å²) in [4.78, 5) is 14.5. The van der Waals surface area contributed by atoms with E-state index in [1.54, 1.807) is 0 Å². The van der Waals surface area contributed by atoms with Crippen LogP contribution in [0.1, 0.15) is 34.3 Å². The Morgan fingerprint density at radius 3 is 2.24 bits per heavy atom. The SMILES string of the molecule is CC(c1ccc(Oc2ccc(C(=O)O)c(F)c2)cc1Cl)C(O)(c1ccnc(Cl)c1)C(F)(F)F. The van der Waals surface area contributed by atoms with Crippen molar-refractivity contribution in [2.75, 3.05) is 0 Å². The van der Waals surface area contributed by atoms with Crippen molar-refractivity contribution in [2.24, 2.45) is 0 Å². The molecule has 0 radical (unpaired) electrons. The molecule has 0 aliphatic heterocycles. The van der Waals surface area contributed by atoms with E-state index < -0.39 is 40.6 Å². The Labute approximate surface area is 195 Å². The molecule has 1 aromatic heterocycles. The molecule has 11 heteroatoms. The molecule has 0 saturated carbocycles. The topological polar surface area (TPSA) is 79.7 Å².